The molecule has 2 heterocycles. The zero-order chi connectivity index (χ0) is 19.1. The first-order valence-corrected chi connectivity index (χ1v) is 9.46. The topological polar surface area (TPSA) is 74.3 Å². The number of piperidine rings is 1. The van der Waals surface area contributed by atoms with Crippen molar-refractivity contribution < 1.29 is 9.59 Å². The first-order valence-electron chi connectivity index (χ1n) is 9.46. The van der Waals surface area contributed by atoms with Crippen LogP contribution in [0.2, 0.25) is 0 Å². The number of benzene rings is 1. The van der Waals surface area contributed by atoms with Crippen LogP contribution in [0, 0.1) is 0 Å². The molecule has 27 heavy (non-hydrogen) atoms. The molecule has 0 bridgehead atoms. The number of carbonyl (C=O) groups is 2. The Kier molecular flexibility index (Phi) is 6.54. The fraction of sp³-hybridized carbons (Fsp3) is 0.381. The molecule has 142 valence electrons. The molecule has 0 saturated carbocycles. The van der Waals surface area contributed by atoms with Crippen LogP contribution in [0.5, 0.6) is 0 Å². The lowest BCUT2D eigenvalue weighted by molar-refractivity contribution is -0.114. The third-order valence-corrected chi connectivity index (χ3v) is 4.69. The van der Waals surface area contributed by atoms with E-state index in [9.17, 15) is 9.59 Å². The van der Waals surface area contributed by atoms with Crippen molar-refractivity contribution in [1.29, 1.82) is 0 Å². The summed E-state index contributed by atoms with van der Waals surface area (Å²) in [5.41, 5.74) is 3.03. The normalized spacial score (nSPS) is 14.6. The second-order valence-electron chi connectivity index (χ2n) is 6.85. The average Bonchev–Trinajstić information content (AvgIpc) is 2.69. The lowest BCUT2D eigenvalue weighted by Crippen LogP contribution is -2.37. The monoisotopic (exact) mass is 366 g/mol. The molecule has 3 rings (SSSR count). The van der Waals surface area contributed by atoms with Gasteiger partial charge < -0.3 is 15.5 Å². The highest BCUT2D eigenvalue weighted by Gasteiger charge is 2.11. The van der Waals surface area contributed by atoms with Gasteiger partial charge in [0, 0.05) is 31.1 Å². The minimum Gasteiger partial charge on any atom is -0.351 e. The van der Waals surface area contributed by atoms with E-state index in [1.165, 1.54) is 26.2 Å². The van der Waals surface area contributed by atoms with Gasteiger partial charge in [-0.2, -0.15) is 0 Å². The van der Waals surface area contributed by atoms with E-state index >= 15 is 0 Å². The van der Waals surface area contributed by atoms with Gasteiger partial charge in [-0.25, -0.2) is 0 Å². The number of aromatic nitrogens is 1. The minimum atomic E-state index is -0.125. The van der Waals surface area contributed by atoms with Crippen molar-refractivity contribution in [3.8, 4) is 11.3 Å². The molecular weight excluding hydrogens is 340 g/mol. The van der Waals surface area contributed by atoms with Crippen LogP contribution in [0.1, 0.15) is 36.5 Å². The van der Waals surface area contributed by atoms with Crippen LogP contribution in [0.15, 0.2) is 42.6 Å². The first kappa shape index (κ1) is 19.0. The zero-order valence-corrected chi connectivity index (χ0v) is 15.7. The standard InChI is InChI=1S/C21H26N4O2/c1-16(26)24-19-9-10-20(23-15-19)17-5-7-18(8-6-17)21(27)22-11-14-25-12-3-2-4-13-25/h5-10,15H,2-4,11-14H2,1H3,(H,22,27)(H,24,26). The van der Waals surface area contributed by atoms with Crippen LogP contribution < -0.4 is 10.6 Å². The van der Waals surface area contributed by atoms with Gasteiger partial charge in [0.1, 0.15) is 0 Å². The lowest BCUT2D eigenvalue weighted by atomic mass is 10.1. The largest absolute Gasteiger partial charge is 0.351 e. The number of likely N-dealkylation sites (tertiary alicyclic amines) is 1. The number of rotatable bonds is 6. The second kappa shape index (κ2) is 9.28. The molecule has 1 aromatic heterocycles. The maximum atomic E-state index is 12.3. The number of hydrogen-bond acceptors (Lipinski definition) is 4. The van der Waals surface area contributed by atoms with E-state index in [0.29, 0.717) is 17.8 Å². The summed E-state index contributed by atoms with van der Waals surface area (Å²) in [5.74, 6) is -0.173. The smallest absolute Gasteiger partial charge is 0.251 e. The first-order chi connectivity index (χ1) is 13.1. The quantitative estimate of drug-likeness (QED) is 0.824. The molecule has 1 saturated heterocycles. The molecule has 1 aliphatic heterocycles. The molecule has 6 heteroatoms. The van der Waals surface area contributed by atoms with E-state index in [1.807, 2.05) is 36.4 Å². The predicted octanol–water partition coefficient (Wildman–Crippen LogP) is 2.92. The number of anilines is 1. The molecule has 0 radical (unpaired) electrons. The maximum Gasteiger partial charge on any atom is 0.251 e. The summed E-state index contributed by atoms with van der Waals surface area (Å²) < 4.78 is 0. The van der Waals surface area contributed by atoms with E-state index in [1.54, 1.807) is 6.20 Å². The van der Waals surface area contributed by atoms with Gasteiger partial charge >= 0.3 is 0 Å². The van der Waals surface area contributed by atoms with Crippen molar-refractivity contribution in [2.75, 3.05) is 31.5 Å². The molecule has 1 aliphatic rings. The number of carbonyl (C=O) groups excluding carboxylic acids is 2. The molecule has 0 aliphatic carbocycles. The lowest BCUT2D eigenvalue weighted by Gasteiger charge is -2.26. The average molecular weight is 366 g/mol. The zero-order valence-electron chi connectivity index (χ0n) is 15.7. The van der Waals surface area contributed by atoms with E-state index < -0.39 is 0 Å². The Morgan fingerprint density at radius 3 is 2.41 bits per heavy atom. The van der Waals surface area contributed by atoms with E-state index in [2.05, 4.69) is 20.5 Å². The van der Waals surface area contributed by atoms with Crippen molar-refractivity contribution in [1.82, 2.24) is 15.2 Å². The van der Waals surface area contributed by atoms with Gasteiger partial charge in [-0.3, -0.25) is 14.6 Å². The fourth-order valence-electron chi connectivity index (χ4n) is 3.25. The highest BCUT2D eigenvalue weighted by Crippen LogP contribution is 2.19. The van der Waals surface area contributed by atoms with Crippen molar-refractivity contribution in [2.24, 2.45) is 0 Å². The molecule has 0 unspecified atom stereocenters. The SMILES string of the molecule is CC(=O)Nc1ccc(-c2ccc(C(=O)NCCN3CCCCC3)cc2)nc1. The highest BCUT2D eigenvalue weighted by molar-refractivity contribution is 5.94. The van der Waals surface area contributed by atoms with Crippen LogP contribution in [-0.2, 0) is 4.79 Å². The Bertz CT molecular complexity index is 766. The molecule has 0 atom stereocenters. The van der Waals surface area contributed by atoms with Crippen molar-refractivity contribution in [3.05, 3.63) is 48.2 Å². The van der Waals surface area contributed by atoms with Crippen LogP contribution in [0.4, 0.5) is 5.69 Å². The van der Waals surface area contributed by atoms with Crippen LogP contribution in [0.3, 0.4) is 0 Å². The molecule has 2 amide bonds. The Morgan fingerprint density at radius 2 is 1.78 bits per heavy atom. The number of nitrogens with zero attached hydrogens (tertiary/aromatic N) is 2. The van der Waals surface area contributed by atoms with Crippen LogP contribution in [0.25, 0.3) is 11.3 Å². The van der Waals surface area contributed by atoms with Crippen molar-refractivity contribution in [2.45, 2.75) is 26.2 Å². The summed E-state index contributed by atoms with van der Waals surface area (Å²) in [6.45, 7) is 5.32. The van der Waals surface area contributed by atoms with Gasteiger partial charge in [0.2, 0.25) is 5.91 Å². The third kappa shape index (κ3) is 5.62. The summed E-state index contributed by atoms with van der Waals surface area (Å²) in [5, 5.41) is 5.69. The van der Waals surface area contributed by atoms with Gasteiger partial charge in [0.25, 0.3) is 5.91 Å². The Labute approximate surface area is 160 Å². The Morgan fingerprint density at radius 1 is 1.04 bits per heavy atom. The summed E-state index contributed by atoms with van der Waals surface area (Å²) in [7, 11) is 0. The maximum absolute atomic E-state index is 12.3. The van der Waals surface area contributed by atoms with Crippen LogP contribution >= 0.6 is 0 Å². The predicted molar refractivity (Wildman–Crippen MR) is 107 cm³/mol. The van der Waals surface area contributed by atoms with Gasteiger partial charge in [-0.15, -0.1) is 0 Å². The summed E-state index contributed by atoms with van der Waals surface area (Å²) in [4.78, 5) is 30.1. The minimum absolute atomic E-state index is 0.0486. The molecule has 1 fully saturated rings. The van der Waals surface area contributed by atoms with Gasteiger partial charge in [0.05, 0.1) is 17.6 Å². The molecular formula is C21H26N4O2. The summed E-state index contributed by atoms with van der Waals surface area (Å²) >= 11 is 0. The number of hydrogen-bond donors (Lipinski definition) is 2. The Balaban J connectivity index is 1.53. The van der Waals surface area contributed by atoms with E-state index in [4.69, 9.17) is 0 Å². The molecule has 2 aromatic rings. The molecule has 0 spiro atoms. The second-order valence-corrected chi connectivity index (χ2v) is 6.85. The molecule has 1 aromatic carbocycles. The third-order valence-electron chi connectivity index (χ3n) is 4.69. The summed E-state index contributed by atoms with van der Waals surface area (Å²) in [6, 6.07) is 11.1. The molecule has 2 N–H and O–H groups in total. The molecule has 6 nitrogen and oxygen atoms in total. The van der Waals surface area contributed by atoms with Crippen molar-refractivity contribution in [3.63, 3.8) is 0 Å². The number of amides is 2. The number of nitrogens with one attached hydrogen (secondary N) is 2. The highest BCUT2D eigenvalue weighted by atomic mass is 16.2. The van der Waals surface area contributed by atoms with Crippen molar-refractivity contribution >= 4 is 17.5 Å². The van der Waals surface area contributed by atoms with Gasteiger partial charge in [0.15, 0.2) is 0 Å². The van der Waals surface area contributed by atoms with Gasteiger partial charge in [-0.1, -0.05) is 18.6 Å². The van der Waals surface area contributed by atoms with Crippen LogP contribution in [-0.4, -0.2) is 47.9 Å². The number of pyridine rings is 1. The fourth-order valence-corrected chi connectivity index (χ4v) is 3.25. The van der Waals surface area contributed by atoms with Gasteiger partial charge in [-0.05, 0) is 50.2 Å². The summed E-state index contributed by atoms with van der Waals surface area (Å²) in [6.07, 6.45) is 5.46. The van der Waals surface area contributed by atoms with E-state index in [0.717, 1.165) is 30.9 Å². The Hall–Kier alpha value is -2.73. The van der Waals surface area contributed by atoms with E-state index in [-0.39, 0.29) is 11.8 Å².